The Hall–Kier alpha value is -4.37. The molecule has 2 fully saturated rings. The van der Waals surface area contributed by atoms with Gasteiger partial charge in [0.2, 0.25) is 17.7 Å². The number of fused-ring (bicyclic) bond motifs is 5. The minimum Gasteiger partial charge on any atom is -0.361 e. The van der Waals surface area contributed by atoms with Gasteiger partial charge in [-0.2, -0.15) is 0 Å². The van der Waals surface area contributed by atoms with Crippen molar-refractivity contribution in [2.45, 2.75) is 18.0 Å². The maximum atomic E-state index is 14.4. The molecule has 3 N–H and O–H groups in total. The summed E-state index contributed by atoms with van der Waals surface area (Å²) in [6, 6.07) is 16.1. The topological polar surface area (TPSA) is 94.3 Å². The van der Waals surface area contributed by atoms with Crippen molar-refractivity contribution in [3.8, 4) is 0 Å². The SMILES string of the molecule is O=C1[C@@H]2[C@H](Cc3c[nH]c4ccccc34)N[C@]3(C(=O)Nc4ccc(F)cc43)[C@@H]2C(=O)N1c1ccc(F)cc1. The molecule has 3 aliphatic rings. The van der Waals surface area contributed by atoms with Crippen LogP contribution >= 0.6 is 0 Å². The number of rotatable bonds is 3. The first kappa shape index (κ1) is 21.9. The van der Waals surface area contributed by atoms with Gasteiger partial charge in [0.05, 0.1) is 17.5 Å². The smallest absolute Gasteiger partial charge is 0.250 e. The summed E-state index contributed by atoms with van der Waals surface area (Å²) in [5.41, 5.74) is 1.14. The van der Waals surface area contributed by atoms with Crippen LogP contribution < -0.4 is 15.5 Å². The number of hydrogen-bond donors (Lipinski definition) is 3. The first-order valence-electron chi connectivity index (χ1n) is 12.0. The van der Waals surface area contributed by atoms with E-state index in [0.29, 0.717) is 17.7 Å². The molecular weight excluding hydrogens is 478 g/mol. The van der Waals surface area contributed by atoms with Crippen molar-refractivity contribution in [2.24, 2.45) is 11.8 Å². The second-order valence-corrected chi connectivity index (χ2v) is 9.76. The Bertz CT molecular complexity index is 1630. The molecule has 184 valence electrons. The van der Waals surface area contributed by atoms with Gasteiger partial charge in [-0.1, -0.05) is 18.2 Å². The van der Waals surface area contributed by atoms with Gasteiger partial charge in [-0.05, 0) is 60.5 Å². The number of benzene rings is 3. The van der Waals surface area contributed by atoms with E-state index in [-0.39, 0.29) is 5.69 Å². The molecule has 0 aliphatic carbocycles. The summed E-state index contributed by atoms with van der Waals surface area (Å²) in [5, 5.41) is 7.06. The van der Waals surface area contributed by atoms with Crippen LogP contribution in [0.5, 0.6) is 0 Å². The van der Waals surface area contributed by atoms with Crippen molar-refractivity contribution in [1.29, 1.82) is 0 Å². The van der Waals surface area contributed by atoms with Crippen molar-refractivity contribution in [1.82, 2.24) is 10.3 Å². The predicted molar refractivity (Wildman–Crippen MR) is 132 cm³/mol. The molecule has 7 nitrogen and oxygen atoms in total. The van der Waals surface area contributed by atoms with Gasteiger partial charge in [-0.15, -0.1) is 0 Å². The molecule has 4 aromatic rings. The van der Waals surface area contributed by atoms with Crippen LogP contribution in [0.1, 0.15) is 11.1 Å². The van der Waals surface area contributed by atoms with Crippen LogP contribution in [0.15, 0.2) is 72.9 Å². The van der Waals surface area contributed by atoms with Gasteiger partial charge in [0, 0.05) is 34.4 Å². The average Bonchev–Trinajstić information content (AvgIpc) is 3.59. The van der Waals surface area contributed by atoms with Gasteiger partial charge in [-0.3, -0.25) is 19.7 Å². The molecule has 1 aromatic heterocycles. The summed E-state index contributed by atoms with van der Waals surface area (Å²) in [7, 11) is 0. The number of carbonyl (C=O) groups excluding carboxylic acids is 3. The van der Waals surface area contributed by atoms with Crippen molar-refractivity contribution in [2.75, 3.05) is 10.2 Å². The summed E-state index contributed by atoms with van der Waals surface area (Å²) in [5.74, 6) is -4.63. The molecule has 7 rings (SSSR count). The van der Waals surface area contributed by atoms with E-state index in [1.54, 1.807) is 0 Å². The summed E-state index contributed by atoms with van der Waals surface area (Å²) >= 11 is 0. The molecule has 37 heavy (non-hydrogen) atoms. The number of H-pyrrole nitrogens is 1. The Balaban J connectivity index is 1.38. The van der Waals surface area contributed by atoms with E-state index < -0.39 is 52.8 Å². The highest BCUT2D eigenvalue weighted by molar-refractivity contribution is 6.25. The molecule has 4 heterocycles. The van der Waals surface area contributed by atoms with Crippen LogP contribution in [-0.2, 0) is 26.3 Å². The number of imide groups is 1. The van der Waals surface area contributed by atoms with E-state index in [0.717, 1.165) is 21.4 Å². The van der Waals surface area contributed by atoms with Crippen molar-refractivity contribution in [3.63, 3.8) is 0 Å². The Labute approximate surface area is 209 Å². The molecule has 1 spiro atoms. The summed E-state index contributed by atoms with van der Waals surface area (Å²) in [6.45, 7) is 0. The summed E-state index contributed by atoms with van der Waals surface area (Å²) in [6.07, 6.45) is 2.20. The van der Waals surface area contributed by atoms with E-state index >= 15 is 0 Å². The van der Waals surface area contributed by atoms with Crippen LogP contribution in [0.3, 0.4) is 0 Å². The van der Waals surface area contributed by atoms with Crippen LogP contribution in [0.2, 0.25) is 0 Å². The van der Waals surface area contributed by atoms with Crippen molar-refractivity contribution in [3.05, 3.63) is 95.7 Å². The largest absolute Gasteiger partial charge is 0.361 e. The molecule has 2 saturated heterocycles. The summed E-state index contributed by atoms with van der Waals surface area (Å²) < 4.78 is 28.0. The van der Waals surface area contributed by atoms with Gasteiger partial charge in [0.15, 0.2) is 0 Å². The number of aromatic nitrogens is 1. The quantitative estimate of drug-likeness (QED) is 0.376. The predicted octanol–water partition coefficient (Wildman–Crippen LogP) is 3.61. The fraction of sp³-hybridized carbons (Fsp3) is 0.179. The molecule has 3 aliphatic heterocycles. The fourth-order valence-electron chi connectivity index (χ4n) is 6.33. The van der Waals surface area contributed by atoms with Crippen LogP contribution in [0.4, 0.5) is 20.2 Å². The summed E-state index contributed by atoms with van der Waals surface area (Å²) in [4.78, 5) is 45.6. The molecule has 4 atom stereocenters. The number of amides is 3. The lowest BCUT2D eigenvalue weighted by Crippen LogP contribution is -2.53. The van der Waals surface area contributed by atoms with Gasteiger partial charge < -0.3 is 10.3 Å². The number of halogens is 2. The number of nitrogens with one attached hydrogen (secondary N) is 3. The van der Waals surface area contributed by atoms with Crippen LogP contribution in [-0.4, -0.2) is 28.7 Å². The lowest BCUT2D eigenvalue weighted by molar-refractivity contribution is -0.130. The molecule has 0 saturated carbocycles. The van der Waals surface area contributed by atoms with E-state index in [1.807, 2.05) is 30.5 Å². The molecular formula is C28H20F2N4O3. The minimum absolute atomic E-state index is 0.227. The third-order valence-corrected chi connectivity index (χ3v) is 7.88. The van der Waals surface area contributed by atoms with Gasteiger partial charge >= 0.3 is 0 Å². The minimum atomic E-state index is -1.62. The number of aromatic amines is 1. The number of hydrogen-bond acceptors (Lipinski definition) is 4. The molecule has 0 bridgehead atoms. The number of anilines is 2. The van der Waals surface area contributed by atoms with Crippen molar-refractivity contribution >= 4 is 40.0 Å². The van der Waals surface area contributed by atoms with Crippen molar-refractivity contribution < 1.29 is 23.2 Å². The first-order valence-corrected chi connectivity index (χ1v) is 12.0. The second-order valence-electron chi connectivity index (χ2n) is 9.76. The maximum absolute atomic E-state index is 14.4. The van der Waals surface area contributed by atoms with E-state index in [4.69, 9.17) is 0 Å². The Kier molecular flexibility index (Phi) is 4.47. The molecule has 9 heteroatoms. The van der Waals surface area contributed by atoms with Gasteiger partial charge in [0.25, 0.3) is 0 Å². The second kappa shape index (κ2) is 7.57. The van der Waals surface area contributed by atoms with E-state index in [9.17, 15) is 23.2 Å². The highest BCUT2D eigenvalue weighted by atomic mass is 19.1. The standard InChI is InChI=1S/C28H20F2N4O3/c29-15-5-8-17(9-6-15)34-25(35)23-22(11-14-13-31-20-4-2-1-3-18(14)20)33-28(24(23)26(34)36)19-12-16(30)7-10-21(19)32-27(28)37/h1-10,12-13,22-24,31,33H,11H2,(H,32,37)/t22-,23+,24-,28-/m0/s1. The average molecular weight is 498 g/mol. The van der Waals surface area contributed by atoms with E-state index in [1.165, 1.54) is 42.5 Å². The fourth-order valence-corrected chi connectivity index (χ4v) is 6.33. The normalized spacial score (nSPS) is 26.3. The third kappa shape index (κ3) is 2.91. The maximum Gasteiger partial charge on any atom is 0.250 e. The van der Waals surface area contributed by atoms with E-state index in [2.05, 4.69) is 15.6 Å². The third-order valence-electron chi connectivity index (χ3n) is 7.88. The lowest BCUT2D eigenvalue weighted by Gasteiger charge is -2.29. The lowest BCUT2D eigenvalue weighted by atomic mass is 9.76. The number of para-hydroxylation sites is 1. The molecule has 0 radical (unpaired) electrons. The molecule has 3 aromatic carbocycles. The van der Waals surface area contributed by atoms with Gasteiger partial charge in [-0.25, -0.2) is 13.7 Å². The zero-order chi connectivity index (χ0) is 25.5. The molecule has 3 amide bonds. The number of carbonyl (C=O) groups is 3. The zero-order valence-corrected chi connectivity index (χ0v) is 19.3. The Morgan fingerprint density at radius 2 is 1.65 bits per heavy atom. The zero-order valence-electron chi connectivity index (χ0n) is 19.3. The van der Waals surface area contributed by atoms with Gasteiger partial charge in [0.1, 0.15) is 17.2 Å². The van der Waals surface area contributed by atoms with Crippen LogP contribution in [0.25, 0.3) is 10.9 Å². The highest BCUT2D eigenvalue weighted by Gasteiger charge is 2.70. The van der Waals surface area contributed by atoms with Crippen LogP contribution in [0, 0.1) is 23.5 Å². The highest BCUT2D eigenvalue weighted by Crippen LogP contribution is 2.54. The Morgan fingerprint density at radius 1 is 0.892 bits per heavy atom. The monoisotopic (exact) mass is 498 g/mol. The Morgan fingerprint density at radius 3 is 2.46 bits per heavy atom. The number of nitrogens with zero attached hydrogens (tertiary/aromatic N) is 1. The first-order chi connectivity index (χ1) is 17.9. The molecule has 0 unspecified atom stereocenters.